The summed E-state index contributed by atoms with van der Waals surface area (Å²) in [5.74, 6) is 0.524. The Hall–Kier alpha value is -1.02. The predicted octanol–water partition coefficient (Wildman–Crippen LogP) is 4.80. The molecule has 2 nitrogen and oxygen atoms in total. The maximum atomic E-state index is 11.3. The molecule has 0 aromatic heterocycles. The van der Waals surface area contributed by atoms with Crippen molar-refractivity contribution in [1.29, 1.82) is 0 Å². The van der Waals surface area contributed by atoms with Crippen LogP contribution in [0.2, 0.25) is 5.02 Å². The Morgan fingerprint density at radius 2 is 1.89 bits per heavy atom. The highest BCUT2D eigenvalue weighted by atomic mass is 35.5. The van der Waals surface area contributed by atoms with Gasteiger partial charge in [0.15, 0.2) is 6.29 Å². The molecule has 0 saturated heterocycles. The molecule has 0 amide bonds. The van der Waals surface area contributed by atoms with Crippen LogP contribution in [0.5, 0.6) is 0 Å². The molecular weight excluding hydrogens is 258 g/mol. The lowest BCUT2D eigenvalue weighted by atomic mass is 10.0. The summed E-state index contributed by atoms with van der Waals surface area (Å²) in [7, 11) is 0. The summed E-state index contributed by atoms with van der Waals surface area (Å²) < 4.78 is 0. The van der Waals surface area contributed by atoms with Gasteiger partial charge in [-0.15, -0.1) is 0 Å². The second-order valence-corrected chi connectivity index (χ2v) is 5.72. The van der Waals surface area contributed by atoms with E-state index in [0.717, 1.165) is 31.4 Å². The van der Waals surface area contributed by atoms with Crippen molar-refractivity contribution in [2.45, 2.75) is 46.6 Å². The normalized spacial score (nSPS) is 11.1. The molecule has 0 atom stereocenters. The summed E-state index contributed by atoms with van der Waals surface area (Å²) in [6.45, 7) is 9.65. The Labute approximate surface area is 121 Å². The molecule has 0 N–H and O–H groups in total. The lowest BCUT2D eigenvalue weighted by molar-refractivity contribution is 0.112. The number of aldehydes is 1. The van der Waals surface area contributed by atoms with Crippen molar-refractivity contribution in [2.75, 3.05) is 11.4 Å². The van der Waals surface area contributed by atoms with Gasteiger partial charge in [-0.1, -0.05) is 45.4 Å². The molecule has 0 aliphatic heterocycles. The minimum absolute atomic E-state index is 0.418. The van der Waals surface area contributed by atoms with Gasteiger partial charge in [-0.3, -0.25) is 4.79 Å². The van der Waals surface area contributed by atoms with Crippen LogP contribution in [-0.4, -0.2) is 18.9 Å². The molecule has 3 heteroatoms. The molecule has 0 radical (unpaired) electrons. The van der Waals surface area contributed by atoms with E-state index < -0.39 is 0 Å². The first kappa shape index (κ1) is 16.0. The monoisotopic (exact) mass is 281 g/mol. The number of hydrogen-bond acceptors (Lipinski definition) is 2. The fourth-order valence-corrected chi connectivity index (χ4v) is 2.77. The number of nitrogens with zero attached hydrogens (tertiary/aromatic N) is 1. The summed E-state index contributed by atoms with van der Waals surface area (Å²) in [5, 5.41) is 0.664. The topological polar surface area (TPSA) is 20.3 Å². The zero-order valence-electron chi connectivity index (χ0n) is 12.3. The number of halogens is 1. The van der Waals surface area contributed by atoms with Gasteiger partial charge in [-0.05, 0) is 30.9 Å². The van der Waals surface area contributed by atoms with Gasteiger partial charge in [0.1, 0.15) is 0 Å². The predicted molar refractivity (Wildman–Crippen MR) is 83.4 cm³/mol. The van der Waals surface area contributed by atoms with E-state index in [1.54, 1.807) is 0 Å². The van der Waals surface area contributed by atoms with Gasteiger partial charge in [0.05, 0.1) is 10.7 Å². The van der Waals surface area contributed by atoms with Crippen molar-refractivity contribution in [3.8, 4) is 0 Å². The molecule has 0 spiro atoms. The van der Waals surface area contributed by atoms with E-state index in [0.29, 0.717) is 22.5 Å². The SMILES string of the molecule is CCC(CC)N(CC(C)C)c1c(Cl)cccc1C=O. The zero-order valence-corrected chi connectivity index (χ0v) is 13.1. The van der Waals surface area contributed by atoms with Crippen LogP contribution in [0, 0.1) is 5.92 Å². The fraction of sp³-hybridized carbons (Fsp3) is 0.562. The first-order valence-corrected chi connectivity index (χ1v) is 7.43. The van der Waals surface area contributed by atoms with Crippen LogP contribution in [0.25, 0.3) is 0 Å². The summed E-state index contributed by atoms with van der Waals surface area (Å²) in [4.78, 5) is 13.6. The van der Waals surface area contributed by atoms with Crippen LogP contribution in [0.3, 0.4) is 0 Å². The second-order valence-electron chi connectivity index (χ2n) is 5.31. The molecule has 0 fully saturated rings. The van der Waals surface area contributed by atoms with E-state index >= 15 is 0 Å². The Morgan fingerprint density at radius 3 is 2.37 bits per heavy atom. The quantitative estimate of drug-likeness (QED) is 0.669. The molecule has 0 aliphatic rings. The van der Waals surface area contributed by atoms with Crippen molar-refractivity contribution in [3.05, 3.63) is 28.8 Å². The van der Waals surface area contributed by atoms with E-state index in [2.05, 4.69) is 32.6 Å². The van der Waals surface area contributed by atoms with Gasteiger partial charge in [-0.2, -0.15) is 0 Å². The van der Waals surface area contributed by atoms with Gasteiger partial charge in [0.2, 0.25) is 0 Å². The smallest absolute Gasteiger partial charge is 0.152 e. The Balaban J connectivity index is 3.27. The molecule has 1 aromatic rings. The first-order valence-electron chi connectivity index (χ1n) is 7.05. The van der Waals surface area contributed by atoms with E-state index in [-0.39, 0.29) is 0 Å². The average Bonchev–Trinajstić information content (AvgIpc) is 2.38. The van der Waals surface area contributed by atoms with Gasteiger partial charge in [0, 0.05) is 18.2 Å². The van der Waals surface area contributed by atoms with E-state index in [9.17, 15) is 4.79 Å². The standard InChI is InChI=1S/C16H24ClNO/c1-5-14(6-2)18(10-12(3)4)16-13(11-19)8-7-9-15(16)17/h7-9,11-12,14H,5-6,10H2,1-4H3. The Kier molecular flexibility index (Phi) is 6.36. The average molecular weight is 282 g/mol. The highest BCUT2D eigenvalue weighted by Crippen LogP contribution is 2.32. The minimum Gasteiger partial charge on any atom is -0.367 e. The molecule has 0 bridgehead atoms. The van der Waals surface area contributed by atoms with Gasteiger partial charge in [0.25, 0.3) is 0 Å². The lowest BCUT2D eigenvalue weighted by Crippen LogP contribution is -2.38. The number of hydrogen-bond donors (Lipinski definition) is 0. The van der Waals surface area contributed by atoms with Crippen LogP contribution in [-0.2, 0) is 0 Å². The molecule has 1 rings (SSSR count). The zero-order chi connectivity index (χ0) is 14.4. The molecule has 0 saturated carbocycles. The summed E-state index contributed by atoms with van der Waals surface area (Å²) in [6, 6.07) is 5.94. The largest absolute Gasteiger partial charge is 0.367 e. The number of para-hydroxylation sites is 1. The molecule has 1 aromatic carbocycles. The highest BCUT2D eigenvalue weighted by molar-refractivity contribution is 6.34. The fourth-order valence-electron chi connectivity index (χ4n) is 2.48. The first-order chi connectivity index (χ1) is 9.04. The van der Waals surface area contributed by atoms with Crippen LogP contribution < -0.4 is 4.90 Å². The van der Waals surface area contributed by atoms with Gasteiger partial charge < -0.3 is 4.90 Å². The van der Waals surface area contributed by atoms with Crippen molar-refractivity contribution in [2.24, 2.45) is 5.92 Å². The van der Waals surface area contributed by atoms with Gasteiger partial charge in [-0.25, -0.2) is 0 Å². The maximum absolute atomic E-state index is 11.3. The van der Waals surface area contributed by atoms with E-state index in [1.807, 2.05) is 18.2 Å². The Morgan fingerprint density at radius 1 is 1.26 bits per heavy atom. The molecule has 0 unspecified atom stereocenters. The molecule has 0 aliphatic carbocycles. The lowest BCUT2D eigenvalue weighted by Gasteiger charge is -2.35. The number of benzene rings is 1. The van der Waals surface area contributed by atoms with Crippen molar-refractivity contribution < 1.29 is 4.79 Å². The third-order valence-corrected chi connectivity index (χ3v) is 3.68. The van der Waals surface area contributed by atoms with Crippen LogP contribution >= 0.6 is 11.6 Å². The van der Waals surface area contributed by atoms with Crippen LogP contribution in [0.4, 0.5) is 5.69 Å². The Bertz CT molecular complexity index is 413. The number of rotatable bonds is 7. The summed E-state index contributed by atoms with van der Waals surface area (Å²) >= 11 is 6.34. The van der Waals surface area contributed by atoms with Crippen molar-refractivity contribution in [3.63, 3.8) is 0 Å². The molecule has 106 valence electrons. The van der Waals surface area contributed by atoms with Crippen molar-refractivity contribution >= 4 is 23.6 Å². The number of anilines is 1. The van der Waals surface area contributed by atoms with Gasteiger partial charge >= 0.3 is 0 Å². The summed E-state index contributed by atoms with van der Waals surface area (Å²) in [6.07, 6.45) is 3.00. The molecule has 19 heavy (non-hydrogen) atoms. The minimum atomic E-state index is 0.418. The number of carbonyl (C=O) groups is 1. The van der Waals surface area contributed by atoms with E-state index in [4.69, 9.17) is 11.6 Å². The third-order valence-electron chi connectivity index (χ3n) is 3.38. The van der Waals surface area contributed by atoms with E-state index in [1.165, 1.54) is 0 Å². The third kappa shape index (κ3) is 3.97. The maximum Gasteiger partial charge on any atom is 0.152 e. The molecule has 0 heterocycles. The molecular formula is C16H24ClNO. The summed E-state index contributed by atoms with van der Waals surface area (Å²) in [5.41, 5.74) is 1.57. The van der Waals surface area contributed by atoms with Crippen LogP contribution in [0.15, 0.2) is 18.2 Å². The number of carbonyl (C=O) groups excluding carboxylic acids is 1. The van der Waals surface area contributed by atoms with Crippen molar-refractivity contribution in [1.82, 2.24) is 0 Å². The second kappa shape index (κ2) is 7.54. The van der Waals surface area contributed by atoms with Crippen LogP contribution in [0.1, 0.15) is 50.9 Å². The highest BCUT2D eigenvalue weighted by Gasteiger charge is 2.21.